The third kappa shape index (κ3) is 4.60. The highest BCUT2D eigenvalue weighted by Gasteiger charge is 2.47. The van der Waals surface area contributed by atoms with Gasteiger partial charge in [-0.25, -0.2) is 4.98 Å². The summed E-state index contributed by atoms with van der Waals surface area (Å²) in [7, 11) is 1.15. The summed E-state index contributed by atoms with van der Waals surface area (Å²) in [5.41, 5.74) is 2.23. The summed E-state index contributed by atoms with van der Waals surface area (Å²) in [6, 6.07) is 9.03. The molecule has 1 aromatic heterocycles. The molecule has 0 radical (unpaired) electrons. The highest BCUT2D eigenvalue weighted by molar-refractivity contribution is 5.84. The highest BCUT2D eigenvalue weighted by atomic mass is 19.4. The van der Waals surface area contributed by atoms with Gasteiger partial charge in [0.25, 0.3) is 0 Å². The van der Waals surface area contributed by atoms with E-state index >= 15 is 0 Å². The molecular formula is C25H29F3N4O2. The molecule has 2 amide bonds. The zero-order chi connectivity index (χ0) is 24.7. The fourth-order valence-electron chi connectivity index (χ4n) is 5.04. The Morgan fingerprint density at radius 2 is 1.97 bits per heavy atom. The standard InChI is InChI=1S/C25H29F3N4O2/c1-24(2)18-7-5-4-6-15(18)12-19(24)31-20-10-8-16(13-29-20)22(25(26,27)28)32(3)23(34)17-9-11-21(33)30-14-17/h4-8,10,13,17,19,22H,9,11-12,14H2,1-3H3,(H,29,31)(H,30,33)/t17?,19?,22-/m0/s1. The summed E-state index contributed by atoms with van der Waals surface area (Å²) in [5.74, 6) is -1.03. The summed E-state index contributed by atoms with van der Waals surface area (Å²) in [6.45, 7) is 4.32. The third-order valence-corrected chi connectivity index (χ3v) is 7.09. The maximum absolute atomic E-state index is 14.0. The zero-order valence-electron chi connectivity index (χ0n) is 19.4. The largest absolute Gasteiger partial charge is 0.413 e. The van der Waals surface area contributed by atoms with Crippen LogP contribution in [-0.2, 0) is 21.4 Å². The molecule has 2 unspecified atom stereocenters. The topological polar surface area (TPSA) is 74.3 Å². The third-order valence-electron chi connectivity index (χ3n) is 7.09. The molecule has 0 saturated carbocycles. The van der Waals surface area contributed by atoms with Crippen LogP contribution in [0.1, 0.15) is 49.4 Å². The molecule has 2 N–H and O–H groups in total. The smallest absolute Gasteiger partial charge is 0.366 e. The van der Waals surface area contributed by atoms with Gasteiger partial charge in [-0.15, -0.1) is 0 Å². The van der Waals surface area contributed by atoms with E-state index in [4.69, 9.17) is 0 Å². The Morgan fingerprint density at radius 1 is 1.24 bits per heavy atom. The quantitative estimate of drug-likeness (QED) is 0.688. The molecule has 2 aromatic rings. The fraction of sp³-hybridized carbons (Fsp3) is 0.480. The number of benzene rings is 1. The fourth-order valence-corrected chi connectivity index (χ4v) is 5.04. The van der Waals surface area contributed by atoms with Gasteiger partial charge >= 0.3 is 6.18 Å². The molecule has 9 heteroatoms. The van der Waals surface area contributed by atoms with Crippen LogP contribution < -0.4 is 10.6 Å². The number of hydrogen-bond donors (Lipinski definition) is 2. The lowest BCUT2D eigenvalue weighted by Gasteiger charge is -2.34. The van der Waals surface area contributed by atoms with Crippen molar-refractivity contribution in [2.45, 2.75) is 56.8 Å². The Kier molecular flexibility index (Phi) is 6.31. The number of pyridine rings is 1. The number of carbonyl (C=O) groups is 2. The van der Waals surface area contributed by atoms with Gasteiger partial charge in [0.15, 0.2) is 6.04 Å². The van der Waals surface area contributed by atoms with Crippen LogP contribution in [0.3, 0.4) is 0 Å². The molecule has 3 atom stereocenters. The van der Waals surface area contributed by atoms with E-state index in [-0.39, 0.29) is 42.3 Å². The molecule has 1 fully saturated rings. The number of hydrogen-bond acceptors (Lipinski definition) is 4. The molecule has 1 saturated heterocycles. The number of halogens is 3. The van der Waals surface area contributed by atoms with Crippen LogP contribution in [0.15, 0.2) is 42.6 Å². The molecule has 1 aromatic carbocycles. The van der Waals surface area contributed by atoms with E-state index in [1.165, 1.54) is 29.5 Å². The van der Waals surface area contributed by atoms with Gasteiger partial charge in [0.2, 0.25) is 11.8 Å². The molecule has 1 aliphatic carbocycles. The van der Waals surface area contributed by atoms with E-state index in [0.717, 1.165) is 18.4 Å². The van der Waals surface area contributed by atoms with Crippen molar-refractivity contribution in [3.8, 4) is 0 Å². The van der Waals surface area contributed by atoms with Gasteiger partial charge in [-0.3, -0.25) is 9.59 Å². The van der Waals surface area contributed by atoms with Gasteiger partial charge in [0, 0.05) is 43.2 Å². The molecule has 6 nitrogen and oxygen atoms in total. The first-order valence-corrected chi connectivity index (χ1v) is 11.4. The maximum Gasteiger partial charge on any atom is 0.413 e. The van der Waals surface area contributed by atoms with Crippen LogP contribution in [0.5, 0.6) is 0 Å². The van der Waals surface area contributed by atoms with E-state index in [2.05, 4.69) is 41.6 Å². The Morgan fingerprint density at radius 3 is 2.56 bits per heavy atom. The molecule has 2 heterocycles. The highest BCUT2D eigenvalue weighted by Crippen LogP contribution is 2.41. The van der Waals surface area contributed by atoms with Crippen molar-refractivity contribution in [3.63, 3.8) is 0 Å². The van der Waals surface area contributed by atoms with Crippen LogP contribution in [0.4, 0.5) is 19.0 Å². The molecule has 34 heavy (non-hydrogen) atoms. The number of piperidine rings is 1. The minimum atomic E-state index is -4.67. The number of anilines is 1. The van der Waals surface area contributed by atoms with E-state index < -0.39 is 24.0 Å². The molecule has 4 rings (SSSR count). The molecule has 0 spiro atoms. The van der Waals surface area contributed by atoms with Crippen LogP contribution in [0.2, 0.25) is 0 Å². The summed E-state index contributed by atoms with van der Waals surface area (Å²) in [5, 5.41) is 5.93. The van der Waals surface area contributed by atoms with Gasteiger partial charge in [-0.2, -0.15) is 13.2 Å². The van der Waals surface area contributed by atoms with Crippen LogP contribution in [-0.4, -0.2) is 47.5 Å². The molecule has 0 bridgehead atoms. The Labute approximate surface area is 196 Å². The number of carbonyl (C=O) groups excluding carboxylic acids is 2. The molecule has 182 valence electrons. The Hall–Kier alpha value is -3.10. The number of amides is 2. The number of rotatable bonds is 5. The average molecular weight is 475 g/mol. The lowest BCUT2D eigenvalue weighted by atomic mass is 9.83. The average Bonchev–Trinajstić information content (AvgIpc) is 3.04. The van der Waals surface area contributed by atoms with Crippen molar-refractivity contribution in [2.75, 3.05) is 18.9 Å². The van der Waals surface area contributed by atoms with Gasteiger partial charge in [0.05, 0.1) is 5.92 Å². The van der Waals surface area contributed by atoms with Crippen molar-refractivity contribution >= 4 is 17.6 Å². The Balaban J connectivity index is 1.50. The van der Waals surface area contributed by atoms with Crippen molar-refractivity contribution in [3.05, 3.63) is 59.3 Å². The number of nitrogens with zero attached hydrogens (tertiary/aromatic N) is 2. The molecule has 1 aliphatic heterocycles. The summed E-state index contributed by atoms with van der Waals surface area (Å²) >= 11 is 0. The summed E-state index contributed by atoms with van der Waals surface area (Å²) < 4.78 is 42.1. The minimum absolute atomic E-state index is 0.0485. The summed E-state index contributed by atoms with van der Waals surface area (Å²) in [6.07, 6.45) is -2.33. The zero-order valence-corrected chi connectivity index (χ0v) is 19.4. The monoisotopic (exact) mass is 474 g/mol. The van der Waals surface area contributed by atoms with Crippen LogP contribution >= 0.6 is 0 Å². The van der Waals surface area contributed by atoms with E-state index in [0.29, 0.717) is 5.82 Å². The van der Waals surface area contributed by atoms with Gasteiger partial charge in [-0.05, 0) is 30.0 Å². The first kappa shape index (κ1) is 24.0. The van der Waals surface area contributed by atoms with Crippen LogP contribution in [0.25, 0.3) is 0 Å². The van der Waals surface area contributed by atoms with Crippen LogP contribution in [0, 0.1) is 5.92 Å². The van der Waals surface area contributed by atoms with Gasteiger partial charge in [0.1, 0.15) is 5.82 Å². The summed E-state index contributed by atoms with van der Waals surface area (Å²) in [4.78, 5) is 29.1. The van der Waals surface area contributed by atoms with Crippen molar-refractivity contribution in [2.24, 2.45) is 5.92 Å². The predicted molar refractivity (Wildman–Crippen MR) is 122 cm³/mol. The molecule has 2 aliphatic rings. The van der Waals surface area contributed by atoms with Gasteiger partial charge in [-0.1, -0.05) is 44.2 Å². The second-order valence-electron chi connectivity index (χ2n) is 9.69. The molecular weight excluding hydrogens is 445 g/mol. The van der Waals surface area contributed by atoms with Gasteiger partial charge < -0.3 is 15.5 Å². The number of fused-ring (bicyclic) bond motifs is 1. The first-order chi connectivity index (χ1) is 16.0. The normalized spacial score (nSPS) is 22.5. The number of nitrogens with one attached hydrogen (secondary N) is 2. The van der Waals surface area contributed by atoms with E-state index in [1.54, 1.807) is 0 Å². The number of alkyl halides is 3. The minimum Gasteiger partial charge on any atom is -0.366 e. The lowest BCUT2D eigenvalue weighted by Crippen LogP contribution is -2.47. The predicted octanol–water partition coefficient (Wildman–Crippen LogP) is 3.98. The van der Waals surface area contributed by atoms with Crippen molar-refractivity contribution < 1.29 is 22.8 Å². The first-order valence-electron chi connectivity index (χ1n) is 11.4. The second-order valence-corrected chi connectivity index (χ2v) is 9.69. The van der Waals surface area contributed by atoms with Crippen molar-refractivity contribution in [1.82, 2.24) is 15.2 Å². The Bertz CT molecular complexity index is 1060. The maximum atomic E-state index is 14.0. The SMILES string of the molecule is CN(C(=O)C1CCC(=O)NC1)[C@@H](c1ccc(NC2Cc3ccccc3C2(C)C)nc1)C(F)(F)F. The van der Waals surface area contributed by atoms with Crippen molar-refractivity contribution in [1.29, 1.82) is 0 Å². The van der Waals surface area contributed by atoms with E-state index in [1.807, 2.05) is 12.1 Å². The number of aromatic nitrogens is 1. The lowest BCUT2D eigenvalue weighted by molar-refractivity contribution is -0.190. The second kappa shape index (κ2) is 8.92. The van der Waals surface area contributed by atoms with E-state index in [9.17, 15) is 22.8 Å².